The number of rotatable bonds is 5. The number of pyridine rings is 1. The van der Waals surface area contributed by atoms with E-state index in [4.69, 9.17) is 0 Å². The van der Waals surface area contributed by atoms with E-state index in [2.05, 4.69) is 9.62 Å². The summed E-state index contributed by atoms with van der Waals surface area (Å²) in [6.45, 7) is 3.65. The SMILES string of the molecule is CCS(=O)(=O)Nc1ccc(N2CCC3(CC2)CC3)c(-c2cn(C)c(=O)c3c2C=CC3)c1. The Morgan fingerprint density at radius 3 is 2.52 bits per heavy atom. The molecule has 2 fully saturated rings. The van der Waals surface area contributed by atoms with Crippen LogP contribution in [-0.2, 0) is 23.5 Å². The third-order valence-corrected chi connectivity index (χ3v) is 8.49. The van der Waals surface area contributed by atoms with Crippen LogP contribution in [0.3, 0.4) is 0 Å². The highest BCUT2D eigenvalue weighted by molar-refractivity contribution is 7.92. The average molecular weight is 440 g/mol. The van der Waals surface area contributed by atoms with Gasteiger partial charge in [-0.25, -0.2) is 8.42 Å². The third-order valence-electron chi connectivity index (χ3n) is 7.19. The van der Waals surface area contributed by atoms with E-state index in [-0.39, 0.29) is 11.3 Å². The molecule has 1 aliphatic heterocycles. The lowest BCUT2D eigenvalue weighted by Gasteiger charge is -2.35. The molecule has 3 aliphatic rings. The number of aromatic nitrogens is 1. The summed E-state index contributed by atoms with van der Waals surface area (Å²) in [7, 11) is -1.59. The Morgan fingerprint density at radius 2 is 1.84 bits per heavy atom. The van der Waals surface area contributed by atoms with Crippen LogP contribution in [0.15, 0.2) is 35.3 Å². The maximum absolute atomic E-state index is 12.6. The molecule has 1 saturated carbocycles. The van der Waals surface area contributed by atoms with Gasteiger partial charge >= 0.3 is 0 Å². The molecule has 2 aromatic rings. The maximum atomic E-state index is 12.6. The zero-order chi connectivity index (χ0) is 21.8. The van der Waals surface area contributed by atoms with Crippen molar-refractivity contribution in [2.24, 2.45) is 12.5 Å². The summed E-state index contributed by atoms with van der Waals surface area (Å²) in [4.78, 5) is 15.0. The lowest BCUT2D eigenvalue weighted by Crippen LogP contribution is -2.34. The molecule has 0 bridgehead atoms. The molecule has 0 amide bonds. The number of anilines is 2. The Morgan fingerprint density at radius 1 is 1.10 bits per heavy atom. The number of allylic oxidation sites excluding steroid dienone is 1. The zero-order valence-corrected chi connectivity index (χ0v) is 19.0. The Bertz CT molecular complexity index is 1230. The van der Waals surface area contributed by atoms with Gasteiger partial charge in [0, 0.05) is 54.4 Å². The second-order valence-electron chi connectivity index (χ2n) is 9.18. The molecule has 2 heterocycles. The summed E-state index contributed by atoms with van der Waals surface area (Å²) < 4.78 is 28.7. The predicted molar refractivity (Wildman–Crippen MR) is 126 cm³/mol. The summed E-state index contributed by atoms with van der Waals surface area (Å²) in [5.74, 6) is 0.0241. The zero-order valence-electron chi connectivity index (χ0n) is 18.1. The van der Waals surface area contributed by atoms with Gasteiger partial charge in [0.25, 0.3) is 5.56 Å². The molecule has 0 atom stereocenters. The lowest BCUT2D eigenvalue weighted by molar-refractivity contribution is 0.384. The molecule has 0 unspecified atom stereocenters. The number of fused-ring (bicyclic) bond motifs is 1. The monoisotopic (exact) mass is 439 g/mol. The third kappa shape index (κ3) is 3.69. The number of nitrogens with zero attached hydrogens (tertiary/aromatic N) is 2. The highest BCUT2D eigenvalue weighted by Crippen LogP contribution is 2.54. The van der Waals surface area contributed by atoms with Gasteiger partial charge in [-0.1, -0.05) is 12.2 Å². The highest BCUT2D eigenvalue weighted by atomic mass is 32.2. The number of hydrogen-bond acceptors (Lipinski definition) is 4. The van der Waals surface area contributed by atoms with Crippen LogP contribution in [0.4, 0.5) is 11.4 Å². The Labute approximate surface area is 183 Å². The largest absolute Gasteiger partial charge is 0.371 e. The summed E-state index contributed by atoms with van der Waals surface area (Å²) in [5, 5.41) is 0. The molecular formula is C24H29N3O3S. The minimum atomic E-state index is -3.38. The van der Waals surface area contributed by atoms with E-state index >= 15 is 0 Å². The number of aryl methyl sites for hydroxylation is 1. The fraction of sp³-hybridized carbons (Fsp3) is 0.458. The minimum Gasteiger partial charge on any atom is -0.371 e. The fourth-order valence-corrected chi connectivity index (χ4v) is 5.58. The van der Waals surface area contributed by atoms with Crippen LogP contribution in [0.25, 0.3) is 17.2 Å². The van der Waals surface area contributed by atoms with Gasteiger partial charge < -0.3 is 9.47 Å². The van der Waals surface area contributed by atoms with Gasteiger partial charge in [0.15, 0.2) is 0 Å². The van der Waals surface area contributed by atoms with Crippen molar-refractivity contribution in [2.45, 2.75) is 39.0 Å². The molecule has 2 aliphatic carbocycles. The maximum Gasteiger partial charge on any atom is 0.254 e. The van der Waals surface area contributed by atoms with Crippen LogP contribution in [0.2, 0.25) is 0 Å². The van der Waals surface area contributed by atoms with Crippen molar-refractivity contribution >= 4 is 27.5 Å². The van der Waals surface area contributed by atoms with E-state index in [0.717, 1.165) is 41.0 Å². The van der Waals surface area contributed by atoms with E-state index in [9.17, 15) is 13.2 Å². The predicted octanol–water partition coefficient (Wildman–Crippen LogP) is 3.76. The van der Waals surface area contributed by atoms with Crippen LogP contribution in [0.1, 0.15) is 43.7 Å². The smallest absolute Gasteiger partial charge is 0.254 e. The first-order valence-electron chi connectivity index (χ1n) is 11.1. The van der Waals surface area contributed by atoms with E-state index in [1.54, 1.807) is 18.5 Å². The summed E-state index contributed by atoms with van der Waals surface area (Å²) in [6, 6.07) is 5.81. The van der Waals surface area contributed by atoms with Gasteiger partial charge in [0.05, 0.1) is 5.75 Å². The van der Waals surface area contributed by atoms with Crippen molar-refractivity contribution in [3.8, 4) is 11.1 Å². The molecule has 5 rings (SSSR count). The van der Waals surface area contributed by atoms with Gasteiger partial charge in [-0.2, -0.15) is 0 Å². The standard InChI is InChI=1S/C24H29N3O3S/c1-3-31(29,30)25-17-7-8-22(27-13-11-24(9-10-24)12-14-27)20(15-17)21-16-26(2)23(28)19-6-4-5-18(19)21/h4-5,7-8,15-16,25H,3,6,9-14H2,1-2H3. The van der Waals surface area contributed by atoms with Crippen LogP contribution in [0, 0.1) is 5.41 Å². The lowest BCUT2D eigenvalue weighted by atomic mass is 9.91. The number of benzene rings is 1. The molecule has 1 spiro atoms. The quantitative estimate of drug-likeness (QED) is 0.770. The minimum absolute atomic E-state index is 0.0241. The van der Waals surface area contributed by atoms with Gasteiger partial charge in [-0.05, 0) is 68.2 Å². The Kier molecular flexibility index (Phi) is 4.77. The van der Waals surface area contributed by atoms with E-state index < -0.39 is 10.0 Å². The Balaban J connectivity index is 1.63. The first-order valence-corrected chi connectivity index (χ1v) is 12.7. The molecule has 6 nitrogen and oxygen atoms in total. The molecule has 1 aromatic heterocycles. The summed E-state index contributed by atoms with van der Waals surface area (Å²) in [5.41, 5.74) is 5.98. The van der Waals surface area contributed by atoms with Gasteiger partial charge in [0.2, 0.25) is 10.0 Å². The van der Waals surface area contributed by atoms with Gasteiger partial charge in [-0.15, -0.1) is 0 Å². The van der Waals surface area contributed by atoms with Gasteiger partial charge in [0.1, 0.15) is 0 Å². The molecule has 31 heavy (non-hydrogen) atoms. The van der Waals surface area contributed by atoms with Crippen molar-refractivity contribution in [2.75, 3.05) is 28.5 Å². The molecule has 0 radical (unpaired) electrons. The number of nitrogens with one attached hydrogen (secondary N) is 1. The molecule has 164 valence electrons. The van der Waals surface area contributed by atoms with Gasteiger partial charge in [-0.3, -0.25) is 9.52 Å². The van der Waals surface area contributed by atoms with Crippen LogP contribution in [0.5, 0.6) is 0 Å². The number of piperidine rings is 1. The Hall–Kier alpha value is -2.54. The van der Waals surface area contributed by atoms with Crippen molar-refractivity contribution in [3.63, 3.8) is 0 Å². The van der Waals surface area contributed by atoms with E-state index in [0.29, 0.717) is 17.5 Å². The van der Waals surface area contributed by atoms with Crippen molar-refractivity contribution < 1.29 is 8.42 Å². The highest BCUT2D eigenvalue weighted by Gasteiger charge is 2.44. The number of sulfonamides is 1. The number of hydrogen-bond donors (Lipinski definition) is 1. The molecule has 1 saturated heterocycles. The molecule has 1 aromatic carbocycles. The first kappa shape index (κ1) is 20.4. The fourth-order valence-electron chi connectivity index (χ4n) is 4.95. The second-order valence-corrected chi connectivity index (χ2v) is 11.2. The molecule has 1 N–H and O–H groups in total. The summed E-state index contributed by atoms with van der Waals surface area (Å²) >= 11 is 0. The van der Waals surface area contributed by atoms with Crippen molar-refractivity contribution in [1.82, 2.24) is 4.57 Å². The normalized spacial score (nSPS) is 19.0. The summed E-state index contributed by atoms with van der Waals surface area (Å²) in [6.07, 6.45) is 11.7. The topological polar surface area (TPSA) is 71.4 Å². The van der Waals surface area contributed by atoms with Crippen molar-refractivity contribution in [1.29, 1.82) is 0 Å². The van der Waals surface area contributed by atoms with Crippen molar-refractivity contribution in [3.05, 3.63) is 52.0 Å². The first-order chi connectivity index (χ1) is 14.8. The van der Waals surface area contributed by atoms with Crippen LogP contribution < -0.4 is 15.2 Å². The second kappa shape index (κ2) is 7.26. The average Bonchev–Trinajstić information content (AvgIpc) is 3.32. The molecule has 7 heteroatoms. The molecular weight excluding hydrogens is 410 g/mol. The van der Waals surface area contributed by atoms with E-state index in [1.807, 2.05) is 36.5 Å². The van der Waals surface area contributed by atoms with E-state index in [1.165, 1.54) is 25.7 Å². The van der Waals surface area contributed by atoms with Crippen LogP contribution >= 0.6 is 0 Å². The van der Waals surface area contributed by atoms with Crippen LogP contribution in [-0.4, -0.2) is 31.8 Å².